The molecule has 2 heterocycles. The summed E-state index contributed by atoms with van der Waals surface area (Å²) in [5.41, 5.74) is 4.46. The fraction of sp³-hybridized carbons (Fsp3) is 0.267. The van der Waals surface area contributed by atoms with Crippen LogP contribution in [0.2, 0.25) is 0 Å². The van der Waals surface area contributed by atoms with E-state index in [1.54, 1.807) is 19.2 Å². The Hall–Kier alpha value is -4.10. The average Bonchev–Trinajstić information content (AvgIpc) is 3.49. The molecule has 1 fully saturated rings. The summed E-state index contributed by atoms with van der Waals surface area (Å²) in [6.07, 6.45) is 0.728. The van der Waals surface area contributed by atoms with Gasteiger partial charge in [-0.1, -0.05) is 36.4 Å². The number of ether oxygens (including phenoxy) is 3. The van der Waals surface area contributed by atoms with Crippen LogP contribution >= 0.6 is 0 Å². The lowest BCUT2D eigenvalue weighted by Crippen LogP contribution is -2.32. The van der Waals surface area contributed by atoms with Gasteiger partial charge in [0.05, 0.1) is 24.8 Å². The minimum absolute atomic E-state index is 0.0635. The molecule has 0 radical (unpaired) electrons. The number of ketones is 1. The van der Waals surface area contributed by atoms with E-state index in [-0.39, 0.29) is 24.5 Å². The molecule has 2 aliphatic heterocycles. The number of methoxy groups -OCH3 is 1. The van der Waals surface area contributed by atoms with Gasteiger partial charge < -0.3 is 24.2 Å². The first-order valence-corrected chi connectivity index (χ1v) is 12.3. The number of aryl methyl sites for hydroxylation is 1. The maximum absolute atomic E-state index is 13.2. The number of Topliss-reactive ketones (excluding diaryl/α,β-unsaturated/α-hetero) is 1. The summed E-state index contributed by atoms with van der Waals surface area (Å²) in [7, 11) is 1.54. The minimum Gasteiger partial charge on any atom is -0.507 e. The summed E-state index contributed by atoms with van der Waals surface area (Å²) in [5, 5.41) is 11.3. The highest BCUT2D eigenvalue weighted by atomic mass is 16.5. The van der Waals surface area contributed by atoms with Gasteiger partial charge in [-0.2, -0.15) is 0 Å². The van der Waals surface area contributed by atoms with E-state index < -0.39 is 17.7 Å². The SMILES string of the molecule is COCCN1C(=O)C(=O)/C(=C(\O)c2ccc3c(c2)CCO3)C1c1ccc(OCc2ccccc2C)cc1. The number of likely N-dealkylation sites (tertiary alicyclic amines) is 1. The second-order valence-corrected chi connectivity index (χ2v) is 9.19. The van der Waals surface area contributed by atoms with Gasteiger partial charge in [0.1, 0.15) is 23.9 Å². The molecule has 2 aliphatic rings. The second-order valence-electron chi connectivity index (χ2n) is 9.19. The predicted molar refractivity (Wildman–Crippen MR) is 138 cm³/mol. The molecule has 5 rings (SSSR count). The minimum atomic E-state index is -0.745. The summed E-state index contributed by atoms with van der Waals surface area (Å²) in [4.78, 5) is 27.6. The maximum Gasteiger partial charge on any atom is 0.295 e. The standard InChI is InChI=1S/C30H29NO6/c1-19-5-3-4-6-23(19)18-37-24-10-7-20(8-11-24)27-26(29(33)30(34)31(27)14-16-35-2)28(32)22-9-12-25-21(17-22)13-15-36-25/h3-12,17,27,32H,13-16,18H2,1-2H3/b28-26-. The lowest BCUT2D eigenvalue weighted by atomic mass is 9.94. The van der Waals surface area contributed by atoms with Gasteiger partial charge in [0, 0.05) is 25.6 Å². The highest BCUT2D eigenvalue weighted by Crippen LogP contribution is 2.40. The van der Waals surface area contributed by atoms with E-state index >= 15 is 0 Å². The number of benzene rings is 3. The van der Waals surface area contributed by atoms with E-state index in [9.17, 15) is 14.7 Å². The number of hydrogen-bond acceptors (Lipinski definition) is 6. The fourth-order valence-corrected chi connectivity index (χ4v) is 4.82. The van der Waals surface area contributed by atoms with Crippen LogP contribution in [0.5, 0.6) is 11.5 Å². The Morgan fingerprint density at radius 1 is 1.08 bits per heavy atom. The molecule has 1 atom stereocenters. The van der Waals surface area contributed by atoms with E-state index in [1.807, 2.05) is 61.5 Å². The Kier molecular flexibility index (Phi) is 6.97. The van der Waals surface area contributed by atoms with Crippen molar-refractivity contribution in [3.63, 3.8) is 0 Å². The van der Waals surface area contributed by atoms with E-state index in [0.717, 1.165) is 28.9 Å². The monoisotopic (exact) mass is 499 g/mol. The zero-order chi connectivity index (χ0) is 25.9. The maximum atomic E-state index is 13.2. The molecule has 0 bridgehead atoms. The first-order chi connectivity index (χ1) is 18.0. The molecule has 37 heavy (non-hydrogen) atoms. The highest BCUT2D eigenvalue weighted by molar-refractivity contribution is 6.46. The van der Waals surface area contributed by atoms with Gasteiger partial charge in [0.2, 0.25) is 0 Å². The van der Waals surface area contributed by atoms with E-state index in [4.69, 9.17) is 14.2 Å². The number of rotatable bonds is 8. The third kappa shape index (κ3) is 4.82. The van der Waals surface area contributed by atoms with Crippen molar-refractivity contribution >= 4 is 17.4 Å². The van der Waals surface area contributed by atoms with Crippen molar-refractivity contribution in [3.8, 4) is 11.5 Å². The zero-order valence-corrected chi connectivity index (χ0v) is 20.9. The van der Waals surface area contributed by atoms with Crippen LogP contribution < -0.4 is 9.47 Å². The largest absolute Gasteiger partial charge is 0.507 e. The molecule has 7 nitrogen and oxygen atoms in total. The van der Waals surface area contributed by atoms with Gasteiger partial charge >= 0.3 is 0 Å². The lowest BCUT2D eigenvalue weighted by molar-refractivity contribution is -0.140. The topological polar surface area (TPSA) is 85.3 Å². The van der Waals surface area contributed by atoms with Crippen molar-refractivity contribution in [3.05, 3.63) is 100 Å². The third-order valence-corrected chi connectivity index (χ3v) is 6.89. The molecule has 1 saturated heterocycles. The van der Waals surface area contributed by atoms with Crippen LogP contribution in [-0.4, -0.2) is 48.6 Å². The quantitative estimate of drug-likeness (QED) is 0.278. The Bertz CT molecular complexity index is 1360. The summed E-state index contributed by atoms with van der Waals surface area (Å²) < 4.78 is 16.7. The number of carbonyl (C=O) groups is 2. The molecule has 1 unspecified atom stereocenters. The predicted octanol–water partition coefficient (Wildman–Crippen LogP) is 4.58. The molecule has 1 N–H and O–H groups in total. The molecule has 3 aromatic rings. The van der Waals surface area contributed by atoms with Crippen molar-refractivity contribution in [2.45, 2.75) is 26.0 Å². The number of aliphatic hydroxyl groups is 1. The number of fused-ring (bicyclic) bond motifs is 1. The van der Waals surface area contributed by atoms with Crippen LogP contribution in [-0.2, 0) is 27.4 Å². The number of aliphatic hydroxyl groups excluding tert-OH is 1. The van der Waals surface area contributed by atoms with Crippen LogP contribution in [0.4, 0.5) is 0 Å². The van der Waals surface area contributed by atoms with Crippen LogP contribution in [0.3, 0.4) is 0 Å². The van der Waals surface area contributed by atoms with Crippen LogP contribution in [0.1, 0.15) is 33.9 Å². The molecule has 0 spiro atoms. The summed E-state index contributed by atoms with van der Waals surface area (Å²) in [5.74, 6) is -0.129. The van der Waals surface area contributed by atoms with Crippen molar-refractivity contribution in [2.24, 2.45) is 0 Å². The zero-order valence-electron chi connectivity index (χ0n) is 20.9. The summed E-state index contributed by atoms with van der Waals surface area (Å²) in [6, 6.07) is 19.9. The van der Waals surface area contributed by atoms with Crippen molar-refractivity contribution in [2.75, 3.05) is 26.9 Å². The van der Waals surface area contributed by atoms with Crippen molar-refractivity contribution < 1.29 is 28.9 Å². The van der Waals surface area contributed by atoms with Crippen molar-refractivity contribution in [1.29, 1.82) is 0 Å². The molecule has 3 aromatic carbocycles. The molecule has 1 amide bonds. The Morgan fingerprint density at radius 3 is 2.62 bits per heavy atom. The fourth-order valence-electron chi connectivity index (χ4n) is 4.82. The Morgan fingerprint density at radius 2 is 1.86 bits per heavy atom. The molecular weight excluding hydrogens is 470 g/mol. The molecular formula is C30H29NO6. The Labute approximate surface area is 215 Å². The first-order valence-electron chi connectivity index (χ1n) is 12.3. The van der Waals surface area contributed by atoms with E-state index in [1.165, 1.54) is 4.90 Å². The summed E-state index contributed by atoms with van der Waals surface area (Å²) in [6.45, 7) is 3.53. The van der Waals surface area contributed by atoms with Gasteiger partial charge in [-0.05, 0) is 59.5 Å². The van der Waals surface area contributed by atoms with Gasteiger partial charge in [-0.3, -0.25) is 9.59 Å². The van der Waals surface area contributed by atoms with Gasteiger partial charge in [0.25, 0.3) is 11.7 Å². The average molecular weight is 500 g/mol. The molecule has 0 aromatic heterocycles. The van der Waals surface area contributed by atoms with Crippen molar-refractivity contribution in [1.82, 2.24) is 4.90 Å². The number of hydrogen-bond donors (Lipinski definition) is 1. The normalized spacial score (nSPS) is 18.1. The number of carbonyl (C=O) groups excluding carboxylic acids is 2. The summed E-state index contributed by atoms with van der Waals surface area (Å²) >= 11 is 0. The first kappa shape index (κ1) is 24.6. The molecule has 0 aliphatic carbocycles. The lowest BCUT2D eigenvalue weighted by Gasteiger charge is -2.25. The highest BCUT2D eigenvalue weighted by Gasteiger charge is 2.46. The van der Waals surface area contributed by atoms with Crippen LogP contribution in [0, 0.1) is 6.92 Å². The number of amides is 1. The van der Waals surface area contributed by atoms with Gasteiger partial charge in [0.15, 0.2) is 0 Å². The Balaban J connectivity index is 1.47. The molecule has 190 valence electrons. The van der Waals surface area contributed by atoms with Gasteiger partial charge in [-0.15, -0.1) is 0 Å². The number of nitrogens with zero attached hydrogens (tertiary/aromatic N) is 1. The second kappa shape index (κ2) is 10.5. The van der Waals surface area contributed by atoms with Gasteiger partial charge in [-0.25, -0.2) is 0 Å². The van der Waals surface area contributed by atoms with E-state index in [0.29, 0.717) is 30.1 Å². The smallest absolute Gasteiger partial charge is 0.295 e. The van der Waals surface area contributed by atoms with Crippen LogP contribution in [0.25, 0.3) is 5.76 Å². The molecule has 7 heteroatoms. The molecule has 0 saturated carbocycles. The van der Waals surface area contributed by atoms with E-state index in [2.05, 4.69) is 0 Å². The van der Waals surface area contributed by atoms with Crippen LogP contribution in [0.15, 0.2) is 72.3 Å². The third-order valence-electron chi connectivity index (χ3n) is 6.89.